The molecule has 0 aliphatic carbocycles. The molecule has 2 aromatic carbocycles. The number of nitrogens with zero attached hydrogens (tertiary/aromatic N) is 2. The number of unbranched alkanes of at least 4 members (excludes halogenated alkanes) is 24. The van der Waals surface area contributed by atoms with E-state index in [2.05, 4.69) is 90.1 Å². The van der Waals surface area contributed by atoms with Crippen LogP contribution in [-0.4, -0.2) is 11.4 Å². The maximum atomic E-state index is 5.21. The fraction of sp³-hybridized carbons (Fsp3) is 0.673. The van der Waals surface area contributed by atoms with E-state index in [4.69, 9.17) is 9.98 Å². The molecule has 2 nitrogen and oxygen atoms in total. The molecule has 2 aromatic rings. The van der Waals surface area contributed by atoms with Gasteiger partial charge in [0, 0.05) is 0 Å². The van der Waals surface area contributed by atoms with Gasteiger partial charge in [-0.15, -0.1) is 0 Å². The van der Waals surface area contributed by atoms with Gasteiger partial charge in [0.05, 0.1) is 22.8 Å². The molecule has 0 saturated carbocycles. The number of hydrogen-bond acceptors (Lipinski definition) is 2. The molecule has 0 N–H and O–H groups in total. The lowest BCUT2D eigenvalue weighted by Crippen LogP contribution is -2.12. The van der Waals surface area contributed by atoms with Crippen molar-refractivity contribution in [3.8, 4) is 0 Å². The van der Waals surface area contributed by atoms with Crippen LogP contribution < -0.4 is 0 Å². The van der Waals surface area contributed by atoms with E-state index in [1.807, 2.05) is 0 Å². The Balaban J connectivity index is 1.63. The number of hydrogen-bond donors (Lipinski definition) is 0. The summed E-state index contributed by atoms with van der Waals surface area (Å²) in [7, 11) is 0. The molecule has 51 heavy (non-hydrogen) atoms. The zero-order valence-electron chi connectivity index (χ0n) is 34.6. The van der Waals surface area contributed by atoms with E-state index in [1.165, 1.54) is 170 Å². The van der Waals surface area contributed by atoms with Crippen LogP contribution in [0.2, 0.25) is 0 Å². The fourth-order valence-corrected chi connectivity index (χ4v) is 7.35. The van der Waals surface area contributed by atoms with Gasteiger partial charge >= 0.3 is 0 Å². The van der Waals surface area contributed by atoms with Crippen molar-refractivity contribution in [3.05, 3.63) is 70.8 Å². The average Bonchev–Trinajstić information content (AvgIpc) is 3.08. The summed E-state index contributed by atoms with van der Waals surface area (Å²) in [5.41, 5.74) is 9.20. The topological polar surface area (TPSA) is 24.7 Å². The number of rotatable bonds is 31. The molecule has 0 heterocycles. The first-order chi connectivity index (χ1) is 24.9. The van der Waals surface area contributed by atoms with E-state index < -0.39 is 0 Å². The summed E-state index contributed by atoms with van der Waals surface area (Å²) in [5, 5.41) is 0. The SMILES string of the molecule is CCCCCCCCCCCCCCCCCCCCCCCCC/C=C/C(=Nc1cc(C)cc(C)c1)C(CCCC)=Nc1cc(C)cc(C)c1. The predicted octanol–water partition coefficient (Wildman–Crippen LogP) is 16.9. The Labute approximate surface area is 317 Å². The highest BCUT2D eigenvalue weighted by molar-refractivity contribution is 6.47. The van der Waals surface area contributed by atoms with Gasteiger partial charge in [0.15, 0.2) is 0 Å². The van der Waals surface area contributed by atoms with E-state index in [-0.39, 0.29) is 0 Å². The van der Waals surface area contributed by atoms with Gasteiger partial charge in [0.2, 0.25) is 0 Å². The van der Waals surface area contributed by atoms with Crippen LogP contribution in [0.1, 0.15) is 209 Å². The molecule has 0 bridgehead atoms. The maximum absolute atomic E-state index is 5.21. The third kappa shape index (κ3) is 23.7. The van der Waals surface area contributed by atoms with Gasteiger partial charge < -0.3 is 0 Å². The van der Waals surface area contributed by atoms with Crippen molar-refractivity contribution < 1.29 is 0 Å². The number of benzene rings is 2. The first kappa shape index (κ1) is 44.7. The largest absolute Gasteiger partial charge is 0.251 e. The van der Waals surface area contributed by atoms with Crippen molar-refractivity contribution in [2.24, 2.45) is 9.98 Å². The molecule has 2 heteroatoms. The molecular formula is C49H80N2. The van der Waals surface area contributed by atoms with Crippen LogP contribution in [0.15, 0.2) is 58.5 Å². The molecule has 0 saturated heterocycles. The van der Waals surface area contributed by atoms with Crippen LogP contribution in [0.5, 0.6) is 0 Å². The Hall–Kier alpha value is -2.48. The van der Waals surface area contributed by atoms with Gasteiger partial charge in [0.25, 0.3) is 0 Å². The summed E-state index contributed by atoms with van der Waals surface area (Å²) in [6.45, 7) is 13.2. The second-order valence-electron chi connectivity index (χ2n) is 15.8. The minimum absolute atomic E-state index is 0.941. The van der Waals surface area contributed by atoms with Crippen molar-refractivity contribution in [3.63, 3.8) is 0 Å². The molecule has 2 rings (SSSR count). The van der Waals surface area contributed by atoms with Crippen molar-refractivity contribution in [1.82, 2.24) is 0 Å². The molecule has 0 aliphatic rings. The van der Waals surface area contributed by atoms with Crippen LogP contribution in [0.4, 0.5) is 11.4 Å². The normalized spacial score (nSPS) is 12.4. The van der Waals surface area contributed by atoms with E-state index in [9.17, 15) is 0 Å². The lowest BCUT2D eigenvalue weighted by molar-refractivity contribution is 0.518. The van der Waals surface area contributed by atoms with Gasteiger partial charge in [-0.25, -0.2) is 4.99 Å². The molecule has 0 aromatic heterocycles. The molecular weight excluding hydrogens is 617 g/mol. The third-order valence-corrected chi connectivity index (χ3v) is 10.2. The first-order valence-electron chi connectivity index (χ1n) is 21.9. The van der Waals surface area contributed by atoms with Gasteiger partial charge in [0.1, 0.15) is 0 Å². The maximum Gasteiger partial charge on any atom is 0.0848 e. The minimum Gasteiger partial charge on any atom is -0.251 e. The number of aliphatic imine (C=N–C) groups is 2. The molecule has 286 valence electrons. The number of aryl methyl sites for hydroxylation is 4. The van der Waals surface area contributed by atoms with Crippen LogP contribution >= 0.6 is 0 Å². The van der Waals surface area contributed by atoms with Crippen LogP contribution in [0.3, 0.4) is 0 Å². The predicted molar refractivity (Wildman–Crippen MR) is 231 cm³/mol. The molecule has 0 amide bonds. The van der Waals surface area contributed by atoms with Crippen molar-refractivity contribution in [1.29, 1.82) is 0 Å². The van der Waals surface area contributed by atoms with Crippen molar-refractivity contribution in [2.75, 3.05) is 0 Å². The Morgan fingerprint density at radius 2 is 0.745 bits per heavy atom. The molecule has 0 radical (unpaired) electrons. The Bertz CT molecular complexity index is 1210. The summed E-state index contributed by atoms with van der Waals surface area (Å²) in [4.78, 5) is 10.4. The van der Waals surface area contributed by atoms with Crippen LogP contribution in [0.25, 0.3) is 0 Å². The van der Waals surface area contributed by atoms with Crippen molar-refractivity contribution >= 4 is 22.8 Å². The van der Waals surface area contributed by atoms with E-state index in [1.54, 1.807) is 0 Å². The van der Waals surface area contributed by atoms with Gasteiger partial charge in [-0.1, -0.05) is 180 Å². The Kier molecular flexibility index (Phi) is 26.3. The second-order valence-corrected chi connectivity index (χ2v) is 15.8. The molecule has 0 spiro atoms. The summed E-state index contributed by atoms with van der Waals surface area (Å²) in [6, 6.07) is 13.2. The fourth-order valence-electron chi connectivity index (χ4n) is 7.35. The number of allylic oxidation sites excluding steroid dienone is 2. The molecule has 0 unspecified atom stereocenters. The van der Waals surface area contributed by atoms with E-state index >= 15 is 0 Å². The van der Waals surface area contributed by atoms with E-state index in [0.717, 1.165) is 48.5 Å². The Morgan fingerprint density at radius 1 is 0.412 bits per heavy atom. The quantitative estimate of drug-likeness (QED) is 0.0554. The van der Waals surface area contributed by atoms with Gasteiger partial charge in [-0.3, -0.25) is 4.99 Å². The highest BCUT2D eigenvalue weighted by atomic mass is 14.8. The van der Waals surface area contributed by atoms with Crippen molar-refractivity contribution in [2.45, 2.75) is 215 Å². The summed E-state index contributed by atoms with van der Waals surface area (Å²) < 4.78 is 0. The highest BCUT2D eigenvalue weighted by Crippen LogP contribution is 2.22. The summed E-state index contributed by atoms with van der Waals surface area (Å²) >= 11 is 0. The van der Waals surface area contributed by atoms with Crippen LogP contribution in [-0.2, 0) is 0 Å². The van der Waals surface area contributed by atoms with E-state index in [0.29, 0.717) is 0 Å². The molecule has 0 fully saturated rings. The lowest BCUT2D eigenvalue weighted by Gasteiger charge is -2.10. The molecule has 0 aliphatic heterocycles. The summed E-state index contributed by atoms with van der Waals surface area (Å²) in [5.74, 6) is 0. The lowest BCUT2D eigenvalue weighted by atomic mass is 10.0. The standard InChI is InChI=1S/C49H80N2/c1-7-9-11-12-13-14-15-16-17-18-19-20-21-22-23-24-25-26-27-28-29-30-31-32-33-35-49(51-47-40-44(5)37-45(6)41-47)48(34-10-8-2)50-46-38-42(3)36-43(4)39-46/h33,35-41H,7-32,34H2,1-6H3/b35-33+,50-48?,51-49?. The van der Waals surface area contributed by atoms with Crippen LogP contribution in [0, 0.1) is 27.7 Å². The smallest absolute Gasteiger partial charge is 0.0848 e. The zero-order chi connectivity index (χ0) is 36.8. The molecule has 0 atom stereocenters. The Morgan fingerprint density at radius 3 is 1.12 bits per heavy atom. The highest BCUT2D eigenvalue weighted by Gasteiger charge is 2.09. The second kappa shape index (κ2) is 30.0. The zero-order valence-corrected chi connectivity index (χ0v) is 34.6. The first-order valence-corrected chi connectivity index (χ1v) is 21.9. The third-order valence-electron chi connectivity index (χ3n) is 10.2. The monoisotopic (exact) mass is 697 g/mol. The summed E-state index contributed by atoms with van der Waals surface area (Å²) in [6.07, 6.45) is 41.8. The van der Waals surface area contributed by atoms with Gasteiger partial charge in [-0.05, 0) is 106 Å². The van der Waals surface area contributed by atoms with Gasteiger partial charge in [-0.2, -0.15) is 0 Å². The minimum atomic E-state index is 0.941. The average molecular weight is 697 g/mol.